The summed E-state index contributed by atoms with van der Waals surface area (Å²) in [4.78, 5) is 19.3. The molecule has 0 bridgehead atoms. The predicted molar refractivity (Wildman–Crippen MR) is 90.1 cm³/mol. The molecule has 2 aromatic heterocycles. The minimum absolute atomic E-state index is 0.0674. The standard InChI is InChI=1S/C14H18N4OS2/c1-18(2)14(19)12-10(15)11(20-3)13(21-12)17-8-9-5-4-6-16-7-9/h4-7,17H,8,15H2,1-3H3. The van der Waals surface area contributed by atoms with Crippen LogP contribution in [0.1, 0.15) is 15.2 Å². The van der Waals surface area contributed by atoms with E-state index in [0.29, 0.717) is 17.1 Å². The molecular weight excluding hydrogens is 304 g/mol. The maximum Gasteiger partial charge on any atom is 0.265 e. The zero-order valence-corrected chi connectivity index (χ0v) is 13.8. The second kappa shape index (κ2) is 6.82. The minimum Gasteiger partial charge on any atom is -0.396 e. The summed E-state index contributed by atoms with van der Waals surface area (Å²) >= 11 is 2.94. The predicted octanol–water partition coefficient (Wildman–Crippen LogP) is 2.76. The molecule has 2 heterocycles. The van der Waals surface area contributed by atoms with Gasteiger partial charge in [-0.3, -0.25) is 9.78 Å². The normalized spacial score (nSPS) is 10.4. The molecule has 1 amide bonds. The van der Waals surface area contributed by atoms with Gasteiger partial charge < -0.3 is 16.0 Å². The minimum atomic E-state index is -0.0674. The van der Waals surface area contributed by atoms with Gasteiger partial charge in [0.15, 0.2) is 0 Å². The summed E-state index contributed by atoms with van der Waals surface area (Å²) in [7, 11) is 3.45. The summed E-state index contributed by atoms with van der Waals surface area (Å²) in [6.45, 7) is 0.650. The zero-order valence-electron chi connectivity index (χ0n) is 12.2. The Labute approximate surface area is 132 Å². The molecule has 0 saturated carbocycles. The van der Waals surface area contributed by atoms with E-state index in [2.05, 4.69) is 10.3 Å². The first kappa shape index (κ1) is 15.7. The Morgan fingerprint density at radius 2 is 2.29 bits per heavy atom. The summed E-state index contributed by atoms with van der Waals surface area (Å²) in [5.41, 5.74) is 7.75. The molecule has 0 aliphatic carbocycles. The van der Waals surface area contributed by atoms with Crippen molar-refractivity contribution >= 4 is 39.7 Å². The van der Waals surface area contributed by atoms with Gasteiger partial charge in [-0.2, -0.15) is 0 Å². The van der Waals surface area contributed by atoms with E-state index < -0.39 is 0 Å². The SMILES string of the molecule is CSc1c(NCc2cccnc2)sc(C(=O)N(C)C)c1N. The third-order valence-electron chi connectivity index (χ3n) is 2.88. The molecule has 5 nitrogen and oxygen atoms in total. The Balaban J connectivity index is 2.23. The molecule has 0 radical (unpaired) electrons. The lowest BCUT2D eigenvalue weighted by Gasteiger charge is -2.08. The molecule has 0 saturated heterocycles. The fraction of sp³-hybridized carbons (Fsp3) is 0.286. The molecular formula is C14H18N4OS2. The van der Waals surface area contributed by atoms with Crippen molar-refractivity contribution in [1.82, 2.24) is 9.88 Å². The van der Waals surface area contributed by atoms with E-state index in [-0.39, 0.29) is 5.91 Å². The Morgan fingerprint density at radius 1 is 1.52 bits per heavy atom. The number of carbonyl (C=O) groups is 1. The highest BCUT2D eigenvalue weighted by Crippen LogP contribution is 2.42. The van der Waals surface area contributed by atoms with Crippen molar-refractivity contribution < 1.29 is 4.79 Å². The molecule has 0 atom stereocenters. The van der Waals surface area contributed by atoms with Gasteiger partial charge in [-0.15, -0.1) is 23.1 Å². The molecule has 2 rings (SSSR count). The number of anilines is 2. The van der Waals surface area contributed by atoms with Crippen LogP contribution in [0.2, 0.25) is 0 Å². The van der Waals surface area contributed by atoms with Crippen molar-refractivity contribution in [2.24, 2.45) is 0 Å². The van der Waals surface area contributed by atoms with E-state index in [1.807, 2.05) is 24.6 Å². The zero-order chi connectivity index (χ0) is 15.4. The molecule has 112 valence electrons. The molecule has 21 heavy (non-hydrogen) atoms. The summed E-state index contributed by atoms with van der Waals surface area (Å²) in [6.07, 6.45) is 5.51. The molecule has 0 aliphatic rings. The molecule has 7 heteroatoms. The molecule has 0 unspecified atom stereocenters. The second-order valence-corrected chi connectivity index (χ2v) is 6.46. The van der Waals surface area contributed by atoms with Gasteiger partial charge in [-0.25, -0.2) is 0 Å². The number of pyridine rings is 1. The van der Waals surface area contributed by atoms with Crippen LogP contribution in [0.5, 0.6) is 0 Å². The number of hydrogen-bond acceptors (Lipinski definition) is 6. The highest BCUT2D eigenvalue weighted by molar-refractivity contribution is 7.99. The van der Waals surface area contributed by atoms with Gasteiger partial charge in [0, 0.05) is 33.0 Å². The summed E-state index contributed by atoms with van der Waals surface area (Å²) in [5, 5.41) is 4.27. The monoisotopic (exact) mass is 322 g/mol. The maximum absolute atomic E-state index is 12.1. The number of nitrogens with one attached hydrogen (secondary N) is 1. The van der Waals surface area contributed by atoms with Crippen molar-refractivity contribution in [1.29, 1.82) is 0 Å². The summed E-state index contributed by atoms with van der Waals surface area (Å²) in [6, 6.07) is 3.90. The van der Waals surface area contributed by atoms with Gasteiger partial charge in [0.25, 0.3) is 5.91 Å². The van der Waals surface area contributed by atoms with E-state index in [0.717, 1.165) is 15.5 Å². The lowest BCUT2D eigenvalue weighted by atomic mass is 10.3. The Hall–Kier alpha value is -1.73. The third-order valence-corrected chi connectivity index (χ3v) is 4.99. The number of rotatable bonds is 5. The van der Waals surface area contributed by atoms with E-state index in [1.54, 1.807) is 32.1 Å². The van der Waals surface area contributed by atoms with Crippen LogP contribution in [-0.2, 0) is 6.54 Å². The van der Waals surface area contributed by atoms with Crippen molar-refractivity contribution in [2.75, 3.05) is 31.4 Å². The quantitative estimate of drug-likeness (QED) is 0.828. The number of aromatic nitrogens is 1. The number of carbonyl (C=O) groups excluding carboxylic acids is 1. The van der Waals surface area contributed by atoms with Crippen LogP contribution in [0.25, 0.3) is 0 Å². The van der Waals surface area contributed by atoms with Gasteiger partial charge in [-0.05, 0) is 17.9 Å². The first-order valence-corrected chi connectivity index (χ1v) is 8.39. The first-order chi connectivity index (χ1) is 10.0. The van der Waals surface area contributed by atoms with Crippen LogP contribution in [0.3, 0.4) is 0 Å². The van der Waals surface area contributed by atoms with E-state index in [4.69, 9.17) is 5.73 Å². The first-order valence-electron chi connectivity index (χ1n) is 6.35. The maximum atomic E-state index is 12.1. The van der Waals surface area contributed by atoms with Gasteiger partial charge in [0.2, 0.25) is 0 Å². The highest BCUT2D eigenvalue weighted by atomic mass is 32.2. The smallest absolute Gasteiger partial charge is 0.265 e. The van der Waals surface area contributed by atoms with Gasteiger partial charge in [0.1, 0.15) is 9.88 Å². The summed E-state index contributed by atoms with van der Waals surface area (Å²) in [5.74, 6) is -0.0674. The molecule has 0 fully saturated rings. The number of nitrogens with zero attached hydrogens (tertiary/aromatic N) is 2. The van der Waals surface area contributed by atoms with E-state index in [1.165, 1.54) is 16.2 Å². The van der Waals surface area contributed by atoms with Crippen LogP contribution < -0.4 is 11.1 Å². The van der Waals surface area contributed by atoms with Crippen molar-refractivity contribution in [3.63, 3.8) is 0 Å². The number of thiophene rings is 1. The number of amides is 1. The number of hydrogen-bond donors (Lipinski definition) is 2. The van der Waals surface area contributed by atoms with Gasteiger partial charge in [0.05, 0.1) is 10.6 Å². The lowest BCUT2D eigenvalue weighted by molar-refractivity contribution is 0.0833. The molecule has 0 aliphatic heterocycles. The number of nitrogens with two attached hydrogens (primary N) is 1. The largest absolute Gasteiger partial charge is 0.396 e. The number of nitrogen functional groups attached to an aromatic ring is 1. The fourth-order valence-electron chi connectivity index (χ4n) is 1.79. The van der Waals surface area contributed by atoms with Crippen LogP contribution >= 0.6 is 23.1 Å². The second-order valence-electron chi connectivity index (χ2n) is 4.62. The van der Waals surface area contributed by atoms with Gasteiger partial charge >= 0.3 is 0 Å². The highest BCUT2D eigenvalue weighted by Gasteiger charge is 2.21. The molecule has 3 N–H and O–H groups in total. The van der Waals surface area contributed by atoms with E-state index >= 15 is 0 Å². The van der Waals surface area contributed by atoms with Crippen molar-refractivity contribution in [2.45, 2.75) is 11.4 Å². The Bertz CT molecular complexity index is 625. The Morgan fingerprint density at radius 3 is 2.86 bits per heavy atom. The topological polar surface area (TPSA) is 71.2 Å². The Kier molecular flexibility index (Phi) is 5.08. The molecule has 0 spiro atoms. The molecule has 2 aromatic rings. The van der Waals surface area contributed by atoms with Crippen LogP contribution in [0, 0.1) is 0 Å². The average Bonchev–Trinajstić information content (AvgIpc) is 2.81. The molecule has 0 aromatic carbocycles. The number of thioether (sulfide) groups is 1. The fourth-order valence-corrected chi connectivity index (χ4v) is 3.85. The van der Waals surface area contributed by atoms with Crippen LogP contribution in [0.4, 0.5) is 10.7 Å². The van der Waals surface area contributed by atoms with Crippen molar-refractivity contribution in [3.8, 4) is 0 Å². The average molecular weight is 322 g/mol. The van der Waals surface area contributed by atoms with Crippen molar-refractivity contribution in [3.05, 3.63) is 35.0 Å². The van der Waals surface area contributed by atoms with Crippen LogP contribution in [-0.4, -0.2) is 36.1 Å². The summed E-state index contributed by atoms with van der Waals surface area (Å²) < 4.78 is 0. The third kappa shape index (κ3) is 3.48. The van der Waals surface area contributed by atoms with Crippen LogP contribution in [0.15, 0.2) is 29.4 Å². The lowest BCUT2D eigenvalue weighted by Crippen LogP contribution is -2.21. The van der Waals surface area contributed by atoms with Gasteiger partial charge in [-0.1, -0.05) is 6.07 Å². The van der Waals surface area contributed by atoms with E-state index in [9.17, 15) is 4.79 Å².